The van der Waals surface area contributed by atoms with Crippen LogP contribution in [0.3, 0.4) is 0 Å². The van der Waals surface area contributed by atoms with Gasteiger partial charge in [0.15, 0.2) is 5.13 Å². The number of fused-ring (bicyclic) bond motifs is 2. The lowest BCUT2D eigenvalue weighted by molar-refractivity contribution is -0.119. The molecule has 2 aliphatic heterocycles. The van der Waals surface area contributed by atoms with Gasteiger partial charge in [-0.05, 0) is 48.1 Å². The maximum Gasteiger partial charge on any atom is 0.270 e. The number of hydrogen-bond acceptors (Lipinski definition) is 8. The Kier molecular flexibility index (Phi) is 6.99. The van der Waals surface area contributed by atoms with Gasteiger partial charge in [0.2, 0.25) is 17.8 Å². The Balaban J connectivity index is 1.19. The summed E-state index contributed by atoms with van der Waals surface area (Å²) in [5, 5.41) is 13.9. The summed E-state index contributed by atoms with van der Waals surface area (Å²) in [6.07, 6.45) is 0.385. The number of ketones is 1. The third kappa shape index (κ3) is 4.75. The van der Waals surface area contributed by atoms with Crippen LogP contribution < -0.4 is 14.5 Å². The molecular formula is C29H25N3O5S2. The molecule has 4 aromatic rings. The van der Waals surface area contributed by atoms with E-state index in [1.807, 2.05) is 41.8 Å². The summed E-state index contributed by atoms with van der Waals surface area (Å²) in [6, 6.07) is 18.1. The van der Waals surface area contributed by atoms with Crippen LogP contribution in [0.2, 0.25) is 0 Å². The van der Waals surface area contributed by atoms with E-state index in [4.69, 9.17) is 4.74 Å². The highest BCUT2D eigenvalue weighted by molar-refractivity contribution is 7.14. The van der Waals surface area contributed by atoms with E-state index in [0.29, 0.717) is 39.9 Å². The lowest BCUT2D eigenvalue weighted by atomic mass is 10.1. The predicted molar refractivity (Wildman–Crippen MR) is 150 cm³/mol. The largest absolute Gasteiger partial charge is 0.475 e. The minimum Gasteiger partial charge on any atom is -0.475 e. The van der Waals surface area contributed by atoms with Crippen molar-refractivity contribution >= 4 is 51.1 Å². The highest BCUT2D eigenvalue weighted by atomic mass is 32.1. The first kappa shape index (κ1) is 25.4. The quantitative estimate of drug-likeness (QED) is 0.330. The van der Waals surface area contributed by atoms with Crippen molar-refractivity contribution in [2.24, 2.45) is 0 Å². The fourth-order valence-corrected chi connectivity index (χ4v) is 6.61. The van der Waals surface area contributed by atoms with Crippen molar-refractivity contribution in [2.75, 3.05) is 23.0 Å². The Morgan fingerprint density at radius 2 is 1.90 bits per heavy atom. The Labute approximate surface area is 233 Å². The molecule has 2 atom stereocenters. The van der Waals surface area contributed by atoms with Gasteiger partial charge >= 0.3 is 0 Å². The maximum absolute atomic E-state index is 13.5. The minimum absolute atomic E-state index is 0.0925. The topological polar surface area (TPSA) is 100 Å². The summed E-state index contributed by atoms with van der Waals surface area (Å²) < 4.78 is 5.87. The van der Waals surface area contributed by atoms with Crippen LogP contribution in [0.5, 0.6) is 5.75 Å². The molecule has 0 bridgehead atoms. The molecule has 0 aliphatic carbocycles. The number of nitrogens with zero attached hydrogens (tertiary/aromatic N) is 3. The van der Waals surface area contributed by atoms with Gasteiger partial charge in [-0.2, -0.15) is 0 Å². The maximum atomic E-state index is 13.5. The monoisotopic (exact) mass is 559 g/mol. The molecule has 1 unspecified atom stereocenters. The number of para-hydroxylation sites is 2. The van der Waals surface area contributed by atoms with Gasteiger partial charge in [-0.25, -0.2) is 4.98 Å². The predicted octanol–water partition coefficient (Wildman–Crippen LogP) is 4.90. The molecule has 0 radical (unpaired) electrons. The standard InChI is InChI=1S/C29H25N3O5S2/c33-16-19-15-18-7-1-3-9-22(18)32(19)25(34)12-5-13-31(28(36)24-11-6-14-38-24)29-30-21(17-39-29)27-26(35)20-8-2-4-10-23(20)37-27/h1-4,6-11,14,17,19,27,33H,5,12-13,15-16H2/t19?,27-/m0/s1. The number of carbonyl (C=O) groups is 3. The SMILES string of the molecule is O=C1c2ccccc2O[C@H]1c1csc(N(CCCC(=O)N2c3ccccc3CC2CO)C(=O)c2cccs2)n1. The second-order valence-corrected chi connectivity index (χ2v) is 11.2. The number of benzene rings is 2. The van der Waals surface area contributed by atoms with E-state index in [-0.39, 0.29) is 43.2 Å². The van der Waals surface area contributed by atoms with Gasteiger partial charge in [0.25, 0.3) is 5.91 Å². The van der Waals surface area contributed by atoms with Crippen molar-refractivity contribution in [3.63, 3.8) is 0 Å². The molecule has 4 heterocycles. The zero-order valence-electron chi connectivity index (χ0n) is 20.9. The Hall–Kier alpha value is -3.86. The number of aliphatic hydroxyl groups excluding tert-OH is 1. The number of ether oxygens (including phenoxy) is 1. The van der Waals surface area contributed by atoms with E-state index >= 15 is 0 Å². The van der Waals surface area contributed by atoms with E-state index in [9.17, 15) is 19.5 Å². The van der Waals surface area contributed by atoms with Crippen molar-refractivity contribution in [1.82, 2.24) is 4.98 Å². The molecule has 10 heteroatoms. The number of aliphatic hydroxyl groups is 1. The third-order valence-corrected chi connectivity index (χ3v) is 8.69. The van der Waals surface area contributed by atoms with Gasteiger partial charge in [0.05, 0.1) is 23.1 Å². The van der Waals surface area contributed by atoms with Crippen LogP contribution in [0.4, 0.5) is 10.8 Å². The van der Waals surface area contributed by atoms with Gasteiger partial charge in [-0.15, -0.1) is 22.7 Å². The highest BCUT2D eigenvalue weighted by Crippen LogP contribution is 2.38. The number of anilines is 2. The van der Waals surface area contributed by atoms with Crippen molar-refractivity contribution in [1.29, 1.82) is 0 Å². The van der Waals surface area contributed by atoms with Gasteiger partial charge in [-0.3, -0.25) is 19.3 Å². The molecule has 198 valence electrons. The van der Waals surface area contributed by atoms with Crippen LogP contribution in [0.25, 0.3) is 0 Å². The molecule has 6 rings (SSSR count). The van der Waals surface area contributed by atoms with E-state index in [2.05, 4.69) is 4.98 Å². The summed E-state index contributed by atoms with van der Waals surface area (Å²) in [5.74, 6) is 0.0652. The Bertz CT molecular complexity index is 1530. The summed E-state index contributed by atoms with van der Waals surface area (Å²) in [6.45, 7) is 0.158. The molecule has 8 nitrogen and oxygen atoms in total. The summed E-state index contributed by atoms with van der Waals surface area (Å²) in [7, 11) is 0. The lowest BCUT2D eigenvalue weighted by Crippen LogP contribution is -2.40. The number of amides is 2. The lowest BCUT2D eigenvalue weighted by Gasteiger charge is -2.25. The molecule has 1 N–H and O–H groups in total. The van der Waals surface area contributed by atoms with Crippen LogP contribution in [0.1, 0.15) is 50.2 Å². The number of thiophene rings is 1. The molecule has 2 amide bonds. The van der Waals surface area contributed by atoms with Crippen molar-refractivity contribution in [3.8, 4) is 5.75 Å². The van der Waals surface area contributed by atoms with E-state index < -0.39 is 6.10 Å². The first-order chi connectivity index (χ1) is 19.0. The van der Waals surface area contributed by atoms with E-state index in [0.717, 1.165) is 11.3 Å². The van der Waals surface area contributed by atoms with E-state index in [1.165, 1.54) is 22.7 Å². The summed E-state index contributed by atoms with van der Waals surface area (Å²) in [4.78, 5) is 48.1. The fourth-order valence-electron chi connectivity index (χ4n) is 5.08. The molecule has 0 saturated heterocycles. The Morgan fingerprint density at radius 1 is 1.08 bits per heavy atom. The average Bonchev–Trinajstić information content (AvgIpc) is 3.76. The highest BCUT2D eigenvalue weighted by Gasteiger charge is 2.36. The van der Waals surface area contributed by atoms with Crippen LogP contribution in [0, 0.1) is 0 Å². The minimum atomic E-state index is -0.849. The first-order valence-electron chi connectivity index (χ1n) is 12.7. The van der Waals surface area contributed by atoms with E-state index in [1.54, 1.807) is 39.4 Å². The van der Waals surface area contributed by atoms with Crippen LogP contribution in [-0.2, 0) is 11.2 Å². The molecule has 2 aromatic carbocycles. The number of Topliss-reactive ketones (excluding diaryl/α,β-unsaturated/α-hetero) is 1. The number of hydrogen-bond donors (Lipinski definition) is 1. The molecule has 0 spiro atoms. The molecule has 0 fully saturated rings. The number of thiazole rings is 1. The van der Waals surface area contributed by atoms with Gasteiger partial charge in [-0.1, -0.05) is 36.4 Å². The average molecular weight is 560 g/mol. The molecule has 39 heavy (non-hydrogen) atoms. The van der Waals surface area contributed by atoms with Crippen molar-refractivity contribution in [3.05, 3.63) is 93.1 Å². The molecule has 2 aliphatic rings. The van der Waals surface area contributed by atoms with Gasteiger partial charge < -0.3 is 14.7 Å². The smallest absolute Gasteiger partial charge is 0.270 e. The number of aromatic nitrogens is 1. The van der Waals surface area contributed by atoms with Crippen molar-refractivity contribution in [2.45, 2.75) is 31.4 Å². The van der Waals surface area contributed by atoms with Crippen LogP contribution in [0.15, 0.2) is 71.4 Å². The second kappa shape index (κ2) is 10.7. The number of carbonyl (C=O) groups excluding carboxylic acids is 3. The van der Waals surface area contributed by atoms with Crippen LogP contribution in [-0.4, -0.2) is 46.9 Å². The van der Waals surface area contributed by atoms with Gasteiger partial charge in [0, 0.05) is 24.0 Å². The Morgan fingerprint density at radius 3 is 2.69 bits per heavy atom. The van der Waals surface area contributed by atoms with Crippen LogP contribution >= 0.6 is 22.7 Å². The molecular weight excluding hydrogens is 534 g/mol. The van der Waals surface area contributed by atoms with Gasteiger partial charge in [0.1, 0.15) is 11.4 Å². The zero-order chi connectivity index (χ0) is 26.9. The molecule has 2 aromatic heterocycles. The second-order valence-electron chi connectivity index (χ2n) is 9.38. The summed E-state index contributed by atoms with van der Waals surface area (Å²) in [5.41, 5.74) is 2.85. The van der Waals surface area contributed by atoms with Crippen molar-refractivity contribution < 1.29 is 24.2 Å². The normalized spacial score (nSPS) is 17.6. The zero-order valence-corrected chi connectivity index (χ0v) is 22.5. The first-order valence-corrected chi connectivity index (χ1v) is 14.4. The fraction of sp³-hybridized carbons (Fsp3) is 0.241. The third-order valence-electron chi connectivity index (χ3n) is 6.95. The molecule has 0 saturated carbocycles. The number of rotatable bonds is 8. The summed E-state index contributed by atoms with van der Waals surface area (Å²) >= 11 is 2.61.